The first-order valence-electron chi connectivity index (χ1n) is 9.01. The van der Waals surface area contributed by atoms with Crippen LogP contribution in [-0.2, 0) is 4.74 Å². The van der Waals surface area contributed by atoms with Gasteiger partial charge >= 0.3 is 5.91 Å². The standard InChI is InChI=1S/C20H20N4O4/c1-13-14-5-2-3-7-16(14)28-17(13)20(26)23-22-19(25)15-6-4-8-21-18(15)24-9-11-27-12-10-24/h2-8H,9-12H2,1H3,(H,22,25)(H,23,26). The van der Waals surface area contributed by atoms with Crippen LogP contribution in [0.1, 0.15) is 26.5 Å². The van der Waals surface area contributed by atoms with Gasteiger partial charge in [0, 0.05) is 30.2 Å². The van der Waals surface area contributed by atoms with E-state index in [9.17, 15) is 9.59 Å². The number of morpholine rings is 1. The minimum Gasteiger partial charge on any atom is -0.451 e. The molecule has 1 aliphatic rings. The van der Waals surface area contributed by atoms with Gasteiger partial charge in [-0.15, -0.1) is 0 Å². The van der Waals surface area contributed by atoms with Crippen molar-refractivity contribution in [2.75, 3.05) is 31.2 Å². The molecule has 0 spiro atoms. The summed E-state index contributed by atoms with van der Waals surface area (Å²) in [6.45, 7) is 4.28. The lowest BCUT2D eigenvalue weighted by atomic mass is 10.1. The number of amides is 2. The van der Waals surface area contributed by atoms with Crippen LogP contribution in [0, 0.1) is 6.92 Å². The number of carbonyl (C=O) groups is 2. The van der Waals surface area contributed by atoms with E-state index < -0.39 is 11.8 Å². The average molecular weight is 380 g/mol. The summed E-state index contributed by atoms with van der Waals surface area (Å²) in [5.41, 5.74) is 6.60. The van der Waals surface area contributed by atoms with Crippen molar-refractivity contribution in [3.05, 3.63) is 59.5 Å². The van der Waals surface area contributed by atoms with E-state index in [1.165, 1.54) is 0 Å². The Kier molecular flexibility index (Phi) is 4.94. The van der Waals surface area contributed by atoms with Gasteiger partial charge in [-0.1, -0.05) is 18.2 Å². The fourth-order valence-corrected chi connectivity index (χ4v) is 3.23. The van der Waals surface area contributed by atoms with E-state index in [0.717, 1.165) is 10.9 Å². The SMILES string of the molecule is Cc1c(C(=O)NNC(=O)c2cccnc2N2CCOCC2)oc2ccccc12. The predicted molar refractivity (Wildman–Crippen MR) is 103 cm³/mol. The fourth-order valence-electron chi connectivity index (χ4n) is 3.23. The largest absolute Gasteiger partial charge is 0.451 e. The van der Waals surface area contributed by atoms with E-state index in [1.54, 1.807) is 31.3 Å². The molecule has 2 N–H and O–H groups in total. The maximum atomic E-state index is 12.6. The molecular weight excluding hydrogens is 360 g/mol. The Labute approximate surface area is 161 Å². The van der Waals surface area contributed by atoms with Gasteiger partial charge in [-0.05, 0) is 25.1 Å². The van der Waals surface area contributed by atoms with Crippen molar-refractivity contribution in [1.82, 2.24) is 15.8 Å². The normalized spacial score (nSPS) is 14.1. The van der Waals surface area contributed by atoms with Gasteiger partial charge in [0.25, 0.3) is 5.91 Å². The average Bonchev–Trinajstić information content (AvgIpc) is 3.09. The second-order valence-corrected chi connectivity index (χ2v) is 6.43. The smallest absolute Gasteiger partial charge is 0.305 e. The molecule has 28 heavy (non-hydrogen) atoms. The molecule has 3 aromatic rings. The number of benzene rings is 1. The molecule has 0 bridgehead atoms. The van der Waals surface area contributed by atoms with Crippen LogP contribution >= 0.6 is 0 Å². The molecule has 1 aliphatic heterocycles. The Morgan fingerprint density at radius 3 is 2.57 bits per heavy atom. The van der Waals surface area contributed by atoms with Crippen LogP contribution in [0.2, 0.25) is 0 Å². The highest BCUT2D eigenvalue weighted by Gasteiger charge is 2.22. The highest BCUT2D eigenvalue weighted by molar-refractivity contribution is 6.03. The second kappa shape index (κ2) is 7.69. The Hall–Kier alpha value is -3.39. The summed E-state index contributed by atoms with van der Waals surface area (Å²) in [6.07, 6.45) is 1.64. The van der Waals surface area contributed by atoms with E-state index in [-0.39, 0.29) is 5.76 Å². The molecule has 0 saturated carbocycles. The van der Waals surface area contributed by atoms with Gasteiger partial charge in [0.05, 0.1) is 18.8 Å². The number of nitrogens with one attached hydrogen (secondary N) is 2. The van der Waals surface area contributed by atoms with E-state index in [4.69, 9.17) is 9.15 Å². The number of nitrogens with zero attached hydrogens (tertiary/aromatic N) is 2. The topological polar surface area (TPSA) is 96.7 Å². The summed E-state index contributed by atoms with van der Waals surface area (Å²) in [5.74, 6) is -0.228. The molecule has 144 valence electrons. The van der Waals surface area contributed by atoms with Crippen molar-refractivity contribution in [1.29, 1.82) is 0 Å². The van der Waals surface area contributed by atoms with Gasteiger partial charge in [0.2, 0.25) is 0 Å². The number of fused-ring (bicyclic) bond motifs is 1. The number of anilines is 1. The van der Waals surface area contributed by atoms with Gasteiger partial charge in [0.15, 0.2) is 5.76 Å². The van der Waals surface area contributed by atoms with E-state index in [0.29, 0.717) is 43.3 Å². The van der Waals surface area contributed by atoms with Crippen LogP contribution < -0.4 is 15.8 Å². The van der Waals surface area contributed by atoms with Crippen LogP contribution in [0.3, 0.4) is 0 Å². The number of rotatable bonds is 3. The molecule has 1 fully saturated rings. The number of aryl methyl sites for hydroxylation is 1. The van der Waals surface area contributed by atoms with Crippen molar-refractivity contribution >= 4 is 28.6 Å². The fraction of sp³-hybridized carbons (Fsp3) is 0.250. The Morgan fingerprint density at radius 2 is 1.79 bits per heavy atom. The minimum absolute atomic E-state index is 0.168. The van der Waals surface area contributed by atoms with Gasteiger partial charge in [-0.25, -0.2) is 4.98 Å². The minimum atomic E-state index is -0.515. The number of hydrazine groups is 1. The molecule has 8 nitrogen and oxygen atoms in total. The van der Waals surface area contributed by atoms with Crippen molar-refractivity contribution in [3.63, 3.8) is 0 Å². The Morgan fingerprint density at radius 1 is 1.04 bits per heavy atom. The highest BCUT2D eigenvalue weighted by Crippen LogP contribution is 2.24. The van der Waals surface area contributed by atoms with Gasteiger partial charge in [-0.2, -0.15) is 0 Å². The molecule has 4 rings (SSSR count). The third kappa shape index (κ3) is 3.41. The summed E-state index contributed by atoms with van der Waals surface area (Å²) >= 11 is 0. The van der Waals surface area contributed by atoms with Crippen LogP contribution in [0.15, 0.2) is 47.0 Å². The molecule has 1 aromatic carbocycles. The number of hydrogen-bond donors (Lipinski definition) is 2. The first-order valence-corrected chi connectivity index (χ1v) is 9.01. The highest BCUT2D eigenvalue weighted by atomic mass is 16.5. The molecule has 8 heteroatoms. The van der Waals surface area contributed by atoms with Crippen LogP contribution in [0.5, 0.6) is 0 Å². The molecule has 1 saturated heterocycles. The molecule has 0 radical (unpaired) electrons. The zero-order valence-corrected chi connectivity index (χ0v) is 15.4. The summed E-state index contributed by atoms with van der Waals surface area (Å²) in [7, 11) is 0. The van der Waals surface area contributed by atoms with Gasteiger partial charge in [-0.3, -0.25) is 20.4 Å². The van der Waals surface area contributed by atoms with Crippen molar-refractivity contribution in [2.24, 2.45) is 0 Å². The zero-order valence-electron chi connectivity index (χ0n) is 15.4. The summed E-state index contributed by atoms with van der Waals surface area (Å²) in [6, 6.07) is 10.7. The van der Waals surface area contributed by atoms with Crippen LogP contribution in [0.25, 0.3) is 11.0 Å². The number of furan rings is 1. The lowest BCUT2D eigenvalue weighted by molar-refractivity contribution is 0.0831. The molecule has 0 atom stereocenters. The summed E-state index contributed by atoms with van der Waals surface area (Å²) < 4.78 is 11.0. The van der Waals surface area contributed by atoms with Crippen molar-refractivity contribution < 1.29 is 18.7 Å². The van der Waals surface area contributed by atoms with Crippen molar-refractivity contribution in [2.45, 2.75) is 6.92 Å². The van der Waals surface area contributed by atoms with Crippen LogP contribution in [0.4, 0.5) is 5.82 Å². The van der Waals surface area contributed by atoms with E-state index in [2.05, 4.69) is 15.8 Å². The lowest BCUT2D eigenvalue weighted by Crippen LogP contribution is -2.43. The number of carbonyl (C=O) groups excluding carboxylic acids is 2. The molecule has 3 heterocycles. The third-order valence-corrected chi connectivity index (χ3v) is 4.68. The number of aromatic nitrogens is 1. The zero-order chi connectivity index (χ0) is 19.5. The van der Waals surface area contributed by atoms with Gasteiger partial charge in [0.1, 0.15) is 11.4 Å². The number of pyridine rings is 1. The molecule has 0 unspecified atom stereocenters. The Bertz CT molecular complexity index is 1020. The monoisotopic (exact) mass is 380 g/mol. The lowest BCUT2D eigenvalue weighted by Gasteiger charge is -2.29. The van der Waals surface area contributed by atoms with Crippen molar-refractivity contribution in [3.8, 4) is 0 Å². The maximum absolute atomic E-state index is 12.6. The maximum Gasteiger partial charge on any atom is 0.305 e. The molecule has 2 aromatic heterocycles. The quantitative estimate of drug-likeness (QED) is 0.675. The molecule has 0 aliphatic carbocycles. The van der Waals surface area contributed by atoms with Gasteiger partial charge < -0.3 is 14.1 Å². The number of hydrogen-bond acceptors (Lipinski definition) is 6. The Balaban J connectivity index is 1.48. The molecular formula is C20H20N4O4. The molecule has 2 amide bonds. The first-order chi connectivity index (χ1) is 13.6. The third-order valence-electron chi connectivity index (χ3n) is 4.68. The van der Waals surface area contributed by atoms with E-state index in [1.807, 2.05) is 23.1 Å². The summed E-state index contributed by atoms with van der Waals surface area (Å²) in [5, 5.41) is 0.862. The summed E-state index contributed by atoms with van der Waals surface area (Å²) in [4.78, 5) is 31.5. The second-order valence-electron chi connectivity index (χ2n) is 6.43. The number of ether oxygens (including phenoxy) is 1. The predicted octanol–water partition coefficient (Wildman–Crippen LogP) is 2.05. The number of para-hydroxylation sites is 1. The first kappa shape index (κ1) is 18.0. The van der Waals surface area contributed by atoms with E-state index >= 15 is 0 Å². The van der Waals surface area contributed by atoms with Crippen LogP contribution in [-0.4, -0.2) is 43.1 Å².